The second-order valence-corrected chi connectivity index (χ2v) is 6.13. The average Bonchev–Trinajstić information content (AvgIpc) is 3.15. The van der Waals surface area contributed by atoms with Gasteiger partial charge in [0.25, 0.3) is 0 Å². The van der Waals surface area contributed by atoms with E-state index in [2.05, 4.69) is 21.5 Å². The van der Waals surface area contributed by atoms with Crippen LogP contribution in [0.25, 0.3) is 5.65 Å². The van der Waals surface area contributed by atoms with Crippen LogP contribution in [-0.4, -0.2) is 47.6 Å². The van der Waals surface area contributed by atoms with Gasteiger partial charge in [-0.3, -0.25) is 4.79 Å². The first-order valence-corrected chi connectivity index (χ1v) is 9.05. The molecule has 0 saturated heterocycles. The monoisotopic (exact) mass is 378 g/mol. The van der Waals surface area contributed by atoms with Crippen LogP contribution in [0.1, 0.15) is 28.4 Å². The quantitative estimate of drug-likeness (QED) is 0.450. The first kappa shape index (κ1) is 19.3. The van der Waals surface area contributed by atoms with Crippen LogP contribution < -0.4 is 15.0 Å². The number of aromatic nitrogens is 3. The number of likely N-dealkylation sites (N-methyl/N-ethyl adjacent to an activating group) is 1. The molecule has 0 saturated carbocycles. The zero-order valence-electron chi connectivity index (χ0n) is 15.9. The van der Waals surface area contributed by atoms with Gasteiger partial charge in [-0.1, -0.05) is 6.07 Å². The van der Waals surface area contributed by atoms with E-state index in [9.17, 15) is 10.1 Å². The molecule has 0 amide bonds. The smallest absolute Gasteiger partial charge is 0.167 e. The van der Waals surface area contributed by atoms with E-state index in [1.165, 1.54) is 6.20 Å². The van der Waals surface area contributed by atoms with Gasteiger partial charge >= 0.3 is 0 Å². The number of carbonyl (C=O) groups is 1. The molecule has 0 aliphatic rings. The molecule has 1 N–H and O–H groups in total. The summed E-state index contributed by atoms with van der Waals surface area (Å²) in [5, 5.41) is 16.7. The number of nitrogens with one attached hydrogen (secondary N) is 1. The number of aldehydes is 1. The number of rotatable bonds is 9. The summed E-state index contributed by atoms with van der Waals surface area (Å²) in [6.07, 6.45) is 4.01. The number of ether oxygens (including phenoxy) is 1. The number of nitrogens with zero attached hydrogens (tertiary/aromatic N) is 5. The number of nitriles is 1. The molecule has 28 heavy (non-hydrogen) atoms. The molecular weight excluding hydrogens is 356 g/mol. The summed E-state index contributed by atoms with van der Waals surface area (Å²) < 4.78 is 7.44. The fraction of sp³-hybridized carbons (Fsp3) is 0.300. The van der Waals surface area contributed by atoms with Gasteiger partial charge in [-0.2, -0.15) is 10.4 Å². The second-order valence-electron chi connectivity index (χ2n) is 6.13. The first-order valence-electron chi connectivity index (χ1n) is 9.05. The summed E-state index contributed by atoms with van der Waals surface area (Å²) in [4.78, 5) is 17.8. The Balaban J connectivity index is 1.94. The second kappa shape index (κ2) is 8.97. The Morgan fingerprint density at radius 2 is 2.25 bits per heavy atom. The Morgan fingerprint density at radius 1 is 1.39 bits per heavy atom. The van der Waals surface area contributed by atoms with Crippen molar-refractivity contribution in [3.05, 3.63) is 53.3 Å². The van der Waals surface area contributed by atoms with Crippen LogP contribution in [0.4, 0.5) is 5.82 Å². The summed E-state index contributed by atoms with van der Waals surface area (Å²) in [5.41, 5.74) is 2.32. The minimum absolute atomic E-state index is 0.436. The van der Waals surface area contributed by atoms with Gasteiger partial charge in [-0.15, -0.1) is 0 Å². The first-order chi connectivity index (χ1) is 13.7. The van der Waals surface area contributed by atoms with E-state index in [1.54, 1.807) is 16.8 Å². The molecule has 1 aromatic carbocycles. The van der Waals surface area contributed by atoms with E-state index in [-0.39, 0.29) is 0 Å². The van der Waals surface area contributed by atoms with Gasteiger partial charge in [0.05, 0.1) is 23.4 Å². The largest absolute Gasteiger partial charge is 0.492 e. The van der Waals surface area contributed by atoms with Crippen LogP contribution >= 0.6 is 0 Å². The number of hydrogen-bond acceptors (Lipinski definition) is 7. The van der Waals surface area contributed by atoms with Crippen molar-refractivity contribution < 1.29 is 9.53 Å². The maximum atomic E-state index is 11.2. The summed E-state index contributed by atoms with van der Waals surface area (Å²) in [6, 6.07) is 9.57. The Hall–Kier alpha value is -3.44. The zero-order chi connectivity index (χ0) is 19.9. The maximum Gasteiger partial charge on any atom is 0.167 e. The number of anilines is 1. The Morgan fingerprint density at radius 3 is 2.96 bits per heavy atom. The topological polar surface area (TPSA) is 95.5 Å². The normalized spacial score (nSPS) is 10.6. The van der Waals surface area contributed by atoms with Gasteiger partial charge in [-0.05, 0) is 32.2 Å². The highest BCUT2D eigenvalue weighted by Gasteiger charge is 2.16. The molecule has 0 aliphatic carbocycles. The lowest BCUT2D eigenvalue weighted by molar-refractivity contribution is 0.112. The molecular formula is C20H22N6O2. The highest BCUT2D eigenvalue weighted by Crippen LogP contribution is 2.26. The van der Waals surface area contributed by atoms with E-state index in [0.29, 0.717) is 54.6 Å². The lowest BCUT2D eigenvalue weighted by Crippen LogP contribution is -2.25. The fourth-order valence-corrected chi connectivity index (χ4v) is 2.91. The Labute approximate surface area is 163 Å². The molecule has 0 radical (unpaired) electrons. The van der Waals surface area contributed by atoms with E-state index in [0.717, 1.165) is 11.8 Å². The van der Waals surface area contributed by atoms with Crippen LogP contribution in [0, 0.1) is 11.3 Å². The van der Waals surface area contributed by atoms with Gasteiger partial charge in [-0.25, -0.2) is 9.50 Å². The van der Waals surface area contributed by atoms with Crippen molar-refractivity contribution >= 4 is 17.8 Å². The Kier molecular flexibility index (Phi) is 6.19. The molecule has 3 aromatic rings. The average molecular weight is 378 g/mol. The molecule has 0 aliphatic heterocycles. The minimum atomic E-state index is 0.436. The highest BCUT2D eigenvalue weighted by atomic mass is 16.5. The van der Waals surface area contributed by atoms with Gasteiger partial charge in [0.15, 0.2) is 11.9 Å². The summed E-state index contributed by atoms with van der Waals surface area (Å²) in [7, 11) is 1.86. The van der Waals surface area contributed by atoms with Crippen LogP contribution in [0.5, 0.6) is 5.75 Å². The summed E-state index contributed by atoms with van der Waals surface area (Å²) in [6.45, 7) is 4.36. The highest BCUT2D eigenvalue weighted by molar-refractivity contribution is 5.84. The van der Waals surface area contributed by atoms with Crippen LogP contribution in [0.2, 0.25) is 0 Å². The van der Waals surface area contributed by atoms with Crippen LogP contribution in [0.3, 0.4) is 0 Å². The molecule has 0 unspecified atom stereocenters. The van der Waals surface area contributed by atoms with Gasteiger partial charge < -0.3 is 15.0 Å². The third kappa shape index (κ3) is 3.94. The maximum absolute atomic E-state index is 11.2. The minimum Gasteiger partial charge on any atom is -0.492 e. The molecule has 8 heteroatoms. The number of fused-ring (bicyclic) bond motifs is 1. The fourth-order valence-electron chi connectivity index (χ4n) is 2.91. The van der Waals surface area contributed by atoms with E-state index in [1.807, 2.05) is 37.1 Å². The van der Waals surface area contributed by atoms with Crippen molar-refractivity contribution in [2.45, 2.75) is 13.5 Å². The molecule has 144 valence electrons. The molecule has 0 bridgehead atoms. The summed E-state index contributed by atoms with van der Waals surface area (Å²) in [5.74, 6) is 1.39. The number of benzene rings is 1. The van der Waals surface area contributed by atoms with E-state index in [4.69, 9.17) is 4.74 Å². The van der Waals surface area contributed by atoms with Crippen molar-refractivity contribution in [1.82, 2.24) is 19.9 Å². The van der Waals surface area contributed by atoms with Gasteiger partial charge in [0.2, 0.25) is 0 Å². The van der Waals surface area contributed by atoms with Crippen molar-refractivity contribution in [2.24, 2.45) is 0 Å². The third-order valence-electron chi connectivity index (χ3n) is 4.43. The summed E-state index contributed by atoms with van der Waals surface area (Å²) >= 11 is 0. The van der Waals surface area contributed by atoms with Crippen LogP contribution in [-0.2, 0) is 6.54 Å². The lowest BCUT2D eigenvalue weighted by Gasteiger charge is -2.24. The van der Waals surface area contributed by atoms with Crippen molar-refractivity contribution in [3.8, 4) is 11.8 Å². The number of carbonyl (C=O) groups excluding carboxylic acids is 1. The van der Waals surface area contributed by atoms with E-state index < -0.39 is 0 Å². The van der Waals surface area contributed by atoms with Gasteiger partial charge in [0.1, 0.15) is 18.2 Å². The predicted octanol–water partition coefficient (Wildman–Crippen LogP) is 2.04. The molecule has 0 atom stereocenters. The third-order valence-corrected chi connectivity index (χ3v) is 4.43. The zero-order valence-corrected chi connectivity index (χ0v) is 15.9. The standard InChI is InChI=1S/C20H22N6O2/c1-3-25(19-7-9-26-20(24-19)16(14-27)12-23-26)13-17-15(11-21)5-4-6-18(17)28-10-8-22-2/h4-7,9,12,14,22H,3,8,10,13H2,1-2H3. The van der Waals surface area contributed by atoms with Gasteiger partial charge in [0, 0.05) is 31.4 Å². The van der Waals surface area contributed by atoms with Crippen LogP contribution in [0.15, 0.2) is 36.7 Å². The SMILES string of the molecule is CCN(Cc1c(C#N)cccc1OCCNC)c1ccn2ncc(C=O)c2n1. The molecule has 0 fully saturated rings. The van der Waals surface area contributed by atoms with Crippen molar-refractivity contribution in [3.63, 3.8) is 0 Å². The number of hydrogen-bond donors (Lipinski definition) is 1. The Bertz CT molecular complexity index is 1010. The molecule has 2 aromatic heterocycles. The van der Waals surface area contributed by atoms with Crippen molar-refractivity contribution in [1.29, 1.82) is 5.26 Å². The lowest BCUT2D eigenvalue weighted by atomic mass is 10.1. The molecule has 8 nitrogen and oxygen atoms in total. The molecule has 3 rings (SSSR count). The molecule has 0 spiro atoms. The predicted molar refractivity (Wildman–Crippen MR) is 106 cm³/mol. The molecule has 2 heterocycles. The van der Waals surface area contributed by atoms with Crippen molar-refractivity contribution in [2.75, 3.05) is 31.6 Å². The van der Waals surface area contributed by atoms with E-state index >= 15 is 0 Å².